The quantitative estimate of drug-likeness (QED) is 0.0435. The van der Waals surface area contributed by atoms with Crippen molar-refractivity contribution in [3.05, 3.63) is 12.7 Å². The van der Waals surface area contributed by atoms with Gasteiger partial charge in [-0.3, -0.25) is 9.09 Å². The van der Waals surface area contributed by atoms with Crippen LogP contribution in [0.3, 0.4) is 0 Å². The normalized spacial score (nSPS) is 23.6. The number of phosphoric ester groups is 1. The Hall–Kier alpha value is 0.110. The van der Waals surface area contributed by atoms with Crippen molar-refractivity contribution in [2.45, 2.75) is 49.9 Å². The van der Waals surface area contributed by atoms with Crippen LogP contribution in [0, 0.1) is 0 Å². The van der Waals surface area contributed by atoms with Crippen LogP contribution >= 0.6 is 67.6 Å². The fourth-order valence-corrected chi connectivity index (χ4v) is 10.4. The second kappa shape index (κ2) is 13.6. The van der Waals surface area contributed by atoms with E-state index in [1.807, 2.05) is 0 Å². The SMILES string of the molecule is CC(C)(CCI)SSCO[C@@H]1C[C@H](n2cnc3c(N)ncnc32)O[C@@H]1COP(=O)(O)OP(=O)(O)OP(=O)(O)O. The van der Waals surface area contributed by atoms with Crippen molar-refractivity contribution in [1.29, 1.82) is 0 Å². The summed E-state index contributed by atoms with van der Waals surface area (Å²) in [5.74, 6) is 0.401. The number of hydrogen-bond acceptors (Lipinski definition) is 14. The second-order valence-corrected chi connectivity index (χ2v) is 17.0. The minimum atomic E-state index is -5.66. The molecule has 1 fully saturated rings. The van der Waals surface area contributed by atoms with Crippen LogP contribution in [-0.4, -0.2) is 73.0 Å². The lowest BCUT2D eigenvalue weighted by atomic mass is 10.1. The van der Waals surface area contributed by atoms with E-state index in [0.717, 1.165) is 10.8 Å². The summed E-state index contributed by atoms with van der Waals surface area (Å²) in [5.41, 5.74) is 6.58. The predicted molar refractivity (Wildman–Crippen MR) is 151 cm³/mol. The van der Waals surface area contributed by atoms with Gasteiger partial charge >= 0.3 is 23.5 Å². The Bertz CT molecular complexity index is 1280. The van der Waals surface area contributed by atoms with Gasteiger partial charge in [0.25, 0.3) is 0 Å². The first-order valence-corrected chi connectivity index (χ1v) is 19.2. The number of phosphoric acid groups is 3. The van der Waals surface area contributed by atoms with E-state index in [2.05, 4.69) is 60.0 Å². The maximum atomic E-state index is 12.2. The first-order valence-electron chi connectivity index (χ1n) is 10.9. The van der Waals surface area contributed by atoms with Crippen molar-refractivity contribution in [1.82, 2.24) is 19.5 Å². The van der Waals surface area contributed by atoms with Crippen LogP contribution in [0.2, 0.25) is 0 Å². The number of imidazole rings is 1. The monoisotopic (exact) mass is 765 g/mol. The van der Waals surface area contributed by atoms with E-state index in [1.165, 1.54) is 23.4 Å². The fourth-order valence-electron chi connectivity index (χ4n) is 3.32. The maximum absolute atomic E-state index is 12.2. The van der Waals surface area contributed by atoms with Crippen molar-refractivity contribution in [3.8, 4) is 0 Å². The lowest BCUT2D eigenvalue weighted by molar-refractivity contribution is -0.0522. The Balaban J connectivity index is 1.70. The van der Waals surface area contributed by atoms with E-state index in [9.17, 15) is 23.5 Å². The highest BCUT2D eigenvalue weighted by Gasteiger charge is 2.43. The van der Waals surface area contributed by atoms with E-state index in [0.29, 0.717) is 11.2 Å². The zero-order valence-corrected chi connectivity index (χ0v) is 26.9. The van der Waals surface area contributed by atoms with E-state index < -0.39 is 48.5 Å². The van der Waals surface area contributed by atoms with Crippen molar-refractivity contribution < 1.29 is 55.9 Å². The number of halogens is 1. The van der Waals surface area contributed by atoms with Gasteiger partial charge in [0.15, 0.2) is 11.5 Å². The fraction of sp³-hybridized carbons (Fsp3) is 0.688. The highest BCUT2D eigenvalue weighted by molar-refractivity contribution is 14.1. The van der Waals surface area contributed by atoms with Crippen molar-refractivity contribution in [3.63, 3.8) is 0 Å². The van der Waals surface area contributed by atoms with Crippen LogP contribution in [-0.2, 0) is 36.3 Å². The summed E-state index contributed by atoms with van der Waals surface area (Å²) in [5, 5.41) is 0. The molecule has 0 spiro atoms. The summed E-state index contributed by atoms with van der Waals surface area (Å²) in [4.78, 5) is 48.9. The van der Waals surface area contributed by atoms with Gasteiger partial charge in [0.1, 0.15) is 30.1 Å². The highest BCUT2D eigenvalue weighted by Crippen LogP contribution is 2.66. The van der Waals surface area contributed by atoms with E-state index >= 15 is 0 Å². The van der Waals surface area contributed by atoms with E-state index in [-0.39, 0.29) is 22.9 Å². The molecule has 2 unspecified atom stereocenters. The smallest absolute Gasteiger partial charge is 0.382 e. The lowest BCUT2D eigenvalue weighted by Gasteiger charge is -2.23. The molecular weight excluding hydrogens is 738 g/mol. The van der Waals surface area contributed by atoms with Crippen molar-refractivity contribution in [2.75, 3.05) is 22.7 Å². The Labute approximate surface area is 244 Å². The van der Waals surface area contributed by atoms with Crippen LogP contribution in [0.1, 0.15) is 32.9 Å². The van der Waals surface area contributed by atoms with Crippen LogP contribution in [0.25, 0.3) is 11.2 Å². The van der Waals surface area contributed by atoms with Gasteiger partial charge in [0.2, 0.25) is 0 Å². The molecule has 0 aliphatic carbocycles. The third-order valence-electron chi connectivity index (χ3n) is 5.01. The Morgan fingerprint density at radius 1 is 1.18 bits per heavy atom. The van der Waals surface area contributed by atoms with Crippen molar-refractivity contribution in [2.24, 2.45) is 0 Å². The molecule has 3 heterocycles. The molecule has 23 heteroatoms. The summed E-state index contributed by atoms with van der Waals surface area (Å²) in [7, 11) is -13.4. The van der Waals surface area contributed by atoms with Crippen molar-refractivity contribution >= 4 is 84.6 Å². The zero-order chi connectivity index (χ0) is 29.1. The molecule has 0 saturated carbocycles. The molecule has 5 atom stereocenters. The maximum Gasteiger partial charge on any atom is 0.490 e. The minimum absolute atomic E-state index is 0.01000. The van der Waals surface area contributed by atoms with Crippen LogP contribution in [0.15, 0.2) is 12.7 Å². The van der Waals surface area contributed by atoms with E-state index in [4.69, 9.17) is 29.5 Å². The Morgan fingerprint density at radius 2 is 1.90 bits per heavy atom. The molecule has 2 aromatic rings. The molecule has 39 heavy (non-hydrogen) atoms. The molecule has 1 saturated heterocycles. The van der Waals surface area contributed by atoms with Crippen LogP contribution in [0.4, 0.5) is 5.82 Å². The first kappa shape index (κ1) is 33.6. The highest BCUT2D eigenvalue weighted by atomic mass is 127. The predicted octanol–water partition coefficient (Wildman–Crippen LogP) is 3.37. The molecule has 0 bridgehead atoms. The van der Waals surface area contributed by atoms with Gasteiger partial charge in [-0.25, -0.2) is 28.6 Å². The summed E-state index contributed by atoms with van der Waals surface area (Å²) in [6.45, 7) is 3.56. The van der Waals surface area contributed by atoms with Gasteiger partial charge in [0, 0.05) is 15.6 Å². The molecule has 0 amide bonds. The van der Waals surface area contributed by atoms with Crippen LogP contribution in [0.5, 0.6) is 0 Å². The van der Waals surface area contributed by atoms with Gasteiger partial charge in [-0.05, 0) is 20.3 Å². The number of nitrogen functional groups attached to an aromatic ring is 1. The lowest BCUT2D eigenvalue weighted by Crippen LogP contribution is -2.29. The summed E-state index contributed by atoms with van der Waals surface area (Å²) >= 11 is 2.31. The number of ether oxygens (including phenoxy) is 2. The molecule has 222 valence electrons. The Morgan fingerprint density at radius 3 is 2.56 bits per heavy atom. The molecule has 0 radical (unpaired) electrons. The largest absolute Gasteiger partial charge is 0.490 e. The number of nitrogens with two attached hydrogens (primary N) is 1. The Kier molecular flexibility index (Phi) is 11.7. The number of aromatic nitrogens is 4. The summed E-state index contributed by atoms with van der Waals surface area (Å²) in [6.07, 6.45) is 1.56. The number of alkyl halides is 1. The van der Waals surface area contributed by atoms with Gasteiger partial charge in [0.05, 0.1) is 19.0 Å². The second-order valence-electron chi connectivity index (χ2n) is 8.56. The van der Waals surface area contributed by atoms with Crippen LogP contribution < -0.4 is 5.73 Å². The first-order chi connectivity index (χ1) is 18.0. The molecule has 0 aromatic carbocycles. The van der Waals surface area contributed by atoms with Gasteiger partial charge in [-0.1, -0.05) is 44.2 Å². The molecule has 1 aliphatic rings. The average molecular weight is 765 g/mol. The van der Waals surface area contributed by atoms with Gasteiger partial charge in [-0.2, -0.15) is 8.62 Å². The number of anilines is 1. The number of rotatable bonds is 15. The third kappa shape index (κ3) is 10.4. The molecule has 3 rings (SSSR count). The molecule has 1 aliphatic heterocycles. The number of fused-ring (bicyclic) bond motifs is 1. The number of hydrogen-bond donors (Lipinski definition) is 5. The molecule has 2 aromatic heterocycles. The zero-order valence-electron chi connectivity index (χ0n) is 20.4. The average Bonchev–Trinajstić information content (AvgIpc) is 3.37. The molecule has 17 nitrogen and oxygen atoms in total. The summed E-state index contributed by atoms with van der Waals surface area (Å²) in [6, 6.07) is 0. The third-order valence-corrected chi connectivity index (χ3v) is 12.4. The topological polar surface area (TPSA) is 248 Å². The minimum Gasteiger partial charge on any atom is -0.382 e. The van der Waals surface area contributed by atoms with Gasteiger partial charge in [-0.15, -0.1) is 0 Å². The molecular formula is C16H27IN5O12P3S2. The summed E-state index contributed by atoms with van der Waals surface area (Å²) < 4.78 is 61.6. The standard InChI is InChI=1S/C16H27IN5O12P3S2/c1-16(2,3-4-17)39-38-9-30-10-5-12(22-8-21-13-14(18)19-7-20-15(13)22)32-11(10)6-31-36(26,27)34-37(28,29)33-35(23,24)25/h7-8,10-12H,3-6,9H2,1-2H3,(H,26,27)(H,28,29)(H2,18,19,20)(H2,23,24,25)/t10-,11-,12-/m1/s1. The molecule has 6 N–H and O–H groups in total. The van der Waals surface area contributed by atoms with E-state index in [1.54, 1.807) is 15.4 Å². The van der Waals surface area contributed by atoms with Gasteiger partial charge < -0.3 is 34.8 Å². The number of nitrogens with zero attached hydrogens (tertiary/aromatic N) is 4.